The van der Waals surface area contributed by atoms with Crippen LogP contribution >= 0.6 is 0 Å². The number of sulfonamides is 1. The average molecular weight is 638 g/mol. The molecule has 0 aromatic heterocycles. The standard InChI is InChI=1S/C34H47N5O5S/c1-24(2)20-39(45(43,44)29-17-15-28(35)16-18-29)21-31(40)30(19-27-13-8-7-9-14-27)36-32(41)22-38(23-33(42)37(5)6)34-25(3)11-10-12-26(34)4/h7-18,24,30-31,40H,19-23,35H2,1-6H3,(H,36,41)/t30-,31-/m0/s1. The second kappa shape index (κ2) is 15.9. The summed E-state index contributed by atoms with van der Waals surface area (Å²) in [5.74, 6) is -0.590. The lowest BCUT2D eigenvalue weighted by atomic mass is 10.0. The van der Waals surface area contributed by atoms with Gasteiger partial charge in [-0.25, -0.2) is 8.42 Å². The van der Waals surface area contributed by atoms with Gasteiger partial charge in [0, 0.05) is 38.6 Å². The molecule has 0 unspecified atom stereocenters. The molecule has 0 fully saturated rings. The molecule has 0 aliphatic heterocycles. The molecule has 3 aromatic rings. The van der Waals surface area contributed by atoms with Crippen LogP contribution in [-0.2, 0) is 26.0 Å². The highest BCUT2D eigenvalue weighted by Crippen LogP contribution is 2.25. The minimum absolute atomic E-state index is 0.0139. The van der Waals surface area contributed by atoms with Gasteiger partial charge in [-0.15, -0.1) is 0 Å². The van der Waals surface area contributed by atoms with E-state index in [2.05, 4.69) is 5.32 Å². The third-order valence-electron chi connectivity index (χ3n) is 7.50. The number of likely N-dealkylation sites (N-methyl/N-ethyl adjacent to an activating group) is 1. The zero-order chi connectivity index (χ0) is 33.3. The highest BCUT2D eigenvalue weighted by Gasteiger charge is 2.32. The number of para-hydroxylation sites is 1. The number of nitrogens with zero attached hydrogens (tertiary/aromatic N) is 3. The summed E-state index contributed by atoms with van der Waals surface area (Å²) in [5.41, 5.74) is 9.73. The molecule has 10 nitrogen and oxygen atoms in total. The number of aliphatic hydroxyl groups excluding tert-OH is 1. The Morgan fingerprint density at radius 3 is 2.02 bits per heavy atom. The van der Waals surface area contributed by atoms with E-state index >= 15 is 0 Å². The van der Waals surface area contributed by atoms with E-state index in [0.29, 0.717) is 5.69 Å². The summed E-state index contributed by atoms with van der Waals surface area (Å²) in [6.45, 7) is 7.45. The Hall–Kier alpha value is -3.93. The second-order valence-electron chi connectivity index (χ2n) is 12.1. The Kier molecular flexibility index (Phi) is 12.5. The predicted octanol–water partition coefficient (Wildman–Crippen LogP) is 3.22. The number of rotatable bonds is 15. The molecule has 2 atom stereocenters. The van der Waals surface area contributed by atoms with Crippen molar-refractivity contribution in [2.24, 2.45) is 5.92 Å². The Morgan fingerprint density at radius 2 is 1.47 bits per heavy atom. The zero-order valence-electron chi connectivity index (χ0n) is 27.1. The zero-order valence-corrected chi connectivity index (χ0v) is 27.9. The molecule has 4 N–H and O–H groups in total. The van der Waals surface area contributed by atoms with Gasteiger partial charge in [0.2, 0.25) is 21.8 Å². The highest BCUT2D eigenvalue weighted by atomic mass is 32.2. The lowest BCUT2D eigenvalue weighted by Crippen LogP contribution is -2.53. The maximum atomic E-state index is 13.7. The van der Waals surface area contributed by atoms with Crippen LogP contribution in [0.4, 0.5) is 11.4 Å². The lowest BCUT2D eigenvalue weighted by molar-refractivity contribution is -0.127. The number of anilines is 2. The number of carbonyl (C=O) groups excluding carboxylic acids is 2. The van der Waals surface area contributed by atoms with E-state index in [1.165, 1.54) is 33.5 Å². The fraction of sp³-hybridized carbons (Fsp3) is 0.412. The van der Waals surface area contributed by atoms with Gasteiger partial charge in [-0.3, -0.25) is 9.59 Å². The molecule has 11 heteroatoms. The number of nitrogens with one attached hydrogen (secondary N) is 1. The number of hydrogen-bond acceptors (Lipinski definition) is 7. The van der Waals surface area contributed by atoms with E-state index in [1.54, 1.807) is 19.0 Å². The molecule has 0 saturated carbocycles. The summed E-state index contributed by atoms with van der Waals surface area (Å²) in [6, 6.07) is 20.3. The van der Waals surface area contributed by atoms with Crippen molar-refractivity contribution in [1.29, 1.82) is 0 Å². The summed E-state index contributed by atoms with van der Waals surface area (Å²) < 4.78 is 28.6. The third kappa shape index (κ3) is 10.0. The molecule has 244 valence electrons. The van der Waals surface area contributed by atoms with Crippen LogP contribution in [0.25, 0.3) is 0 Å². The number of carbonyl (C=O) groups is 2. The molecule has 0 aliphatic carbocycles. The monoisotopic (exact) mass is 637 g/mol. The first kappa shape index (κ1) is 35.5. The summed E-state index contributed by atoms with van der Waals surface area (Å²) in [7, 11) is -0.643. The molecule has 0 radical (unpaired) electrons. The van der Waals surface area contributed by atoms with Crippen LogP contribution in [0, 0.1) is 19.8 Å². The number of hydrogen-bond donors (Lipinski definition) is 3. The minimum atomic E-state index is -3.97. The van der Waals surface area contributed by atoms with Crippen molar-refractivity contribution < 1.29 is 23.1 Å². The maximum Gasteiger partial charge on any atom is 0.243 e. The van der Waals surface area contributed by atoms with Crippen LogP contribution in [-0.4, -0.2) is 87.0 Å². The molecule has 0 aliphatic rings. The van der Waals surface area contributed by atoms with Crippen molar-refractivity contribution >= 4 is 33.2 Å². The maximum absolute atomic E-state index is 13.7. The molecular weight excluding hydrogens is 590 g/mol. The van der Waals surface area contributed by atoms with Crippen LogP contribution < -0.4 is 16.0 Å². The van der Waals surface area contributed by atoms with Gasteiger partial charge in [0.1, 0.15) is 0 Å². The van der Waals surface area contributed by atoms with E-state index in [9.17, 15) is 23.1 Å². The van der Waals surface area contributed by atoms with Gasteiger partial charge in [0.05, 0.1) is 30.1 Å². The Labute approximate surface area is 267 Å². The summed E-state index contributed by atoms with van der Waals surface area (Å²) in [6.07, 6.45) is -0.973. The summed E-state index contributed by atoms with van der Waals surface area (Å²) in [5, 5.41) is 14.6. The van der Waals surface area contributed by atoms with Gasteiger partial charge in [0.25, 0.3) is 0 Å². The largest absolute Gasteiger partial charge is 0.399 e. The summed E-state index contributed by atoms with van der Waals surface area (Å²) in [4.78, 5) is 29.8. The first-order valence-electron chi connectivity index (χ1n) is 15.1. The van der Waals surface area contributed by atoms with E-state index in [0.717, 1.165) is 22.4 Å². The Balaban J connectivity index is 1.91. The van der Waals surface area contributed by atoms with E-state index in [1.807, 2.05) is 76.2 Å². The molecule has 3 rings (SSSR count). The molecule has 0 saturated heterocycles. The van der Waals surface area contributed by atoms with Gasteiger partial charge in [-0.1, -0.05) is 62.4 Å². The topological polar surface area (TPSA) is 136 Å². The molecule has 3 aromatic carbocycles. The van der Waals surface area contributed by atoms with Crippen LogP contribution in [0.1, 0.15) is 30.5 Å². The van der Waals surface area contributed by atoms with E-state index < -0.39 is 28.1 Å². The van der Waals surface area contributed by atoms with Crippen molar-refractivity contribution in [2.75, 3.05) is 50.9 Å². The van der Waals surface area contributed by atoms with Crippen molar-refractivity contribution in [1.82, 2.24) is 14.5 Å². The fourth-order valence-electron chi connectivity index (χ4n) is 5.20. The molecular formula is C34H47N5O5S. The SMILES string of the molecule is Cc1cccc(C)c1N(CC(=O)N[C@@H](Cc1ccccc1)[C@@H](O)CN(CC(C)C)S(=O)(=O)c1ccc(N)cc1)CC(=O)N(C)C. The predicted molar refractivity (Wildman–Crippen MR) is 179 cm³/mol. The highest BCUT2D eigenvalue weighted by molar-refractivity contribution is 7.89. The first-order chi connectivity index (χ1) is 21.2. The van der Waals surface area contributed by atoms with Crippen molar-refractivity contribution in [3.8, 4) is 0 Å². The first-order valence-corrected chi connectivity index (χ1v) is 16.5. The number of aryl methyl sites for hydroxylation is 2. The smallest absolute Gasteiger partial charge is 0.243 e. The van der Waals surface area contributed by atoms with Gasteiger partial charge < -0.3 is 26.0 Å². The number of nitrogens with two attached hydrogens (primary N) is 1. The minimum Gasteiger partial charge on any atom is -0.399 e. The van der Waals surface area contributed by atoms with Gasteiger partial charge >= 0.3 is 0 Å². The quantitative estimate of drug-likeness (QED) is 0.218. The van der Waals surface area contributed by atoms with Gasteiger partial charge in [-0.05, 0) is 67.1 Å². The molecule has 2 amide bonds. The van der Waals surface area contributed by atoms with Crippen molar-refractivity contribution in [3.63, 3.8) is 0 Å². The molecule has 0 spiro atoms. The molecule has 0 heterocycles. The number of aliphatic hydroxyl groups is 1. The number of nitrogen functional groups attached to an aromatic ring is 1. The Morgan fingerprint density at radius 1 is 0.867 bits per heavy atom. The fourth-order valence-corrected chi connectivity index (χ4v) is 6.82. The molecule has 45 heavy (non-hydrogen) atoms. The van der Waals surface area contributed by atoms with Crippen LogP contribution in [0.5, 0.6) is 0 Å². The summed E-state index contributed by atoms with van der Waals surface area (Å²) >= 11 is 0. The lowest BCUT2D eigenvalue weighted by Gasteiger charge is -2.32. The average Bonchev–Trinajstić information content (AvgIpc) is 2.96. The normalized spacial score (nSPS) is 13.0. The van der Waals surface area contributed by atoms with Crippen molar-refractivity contribution in [3.05, 3.63) is 89.5 Å². The third-order valence-corrected chi connectivity index (χ3v) is 9.35. The number of benzene rings is 3. The van der Waals surface area contributed by atoms with E-state index in [4.69, 9.17) is 5.73 Å². The second-order valence-corrected chi connectivity index (χ2v) is 14.0. The van der Waals surface area contributed by atoms with Gasteiger partial charge in [0.15, 0.2) is 0 Å². The number of amides is 2. The van der Waals surface area contributed by atoms with Crippen LogP contribution in [0.15, 0.2) is 77.7 Å². The van der Waals surface area contributed by atoms with Crippen LogP contribution in [0.3, 0.4) is 0 Å². The Bertz CT molecular complexity index is 1510. The van der Waals surface area contributed by atoms with Gasteiger partial charge in [-0.2, -0.15) is 4.31 Å². The van der Waals surface area contributed by atoms with Crippen LogP contribution in [0.2, 0.25) is 0 Å². The van der Waals surface area contributed by atoms with E-state index in [-0.39, 0.29) is 49.3 Å². The molecule has 0 bridgehead atoms. The van der Waals surface area contributed by atoms with Crippen molar-refractivity contribution in [2.45, 2.75) is 51.2 Å².